The quantitative estimate of drug-likeness (QED) is 0.840. The molecular weight excluding hydrogens is 238 g/mol. The molecule has 2 heterocycles. The fraction of sp³-hybridized carbons (Fsp3) is 0.667. The summed E-state index contributed by atoms with van der Waals surface area (Å²) in [7, 11) is 2.16. The highest BCUT2D eigenvalue weighted by atomic mass is 16.5. The van der Waals surface area contributed by atoms with E-state index in [0.29, 0.717) is 6.04 Å². The molecule has 1 aromatic heterocycles. The van der Waals surface area contributed by atoms with E-state index < -0.39 is 0 Å². The van der Waals surface area contributed by atoms with Crippen molar-refractivity contribution in [2.75, 3.05) is 33.3 Å². The SMILES string of the molecule is CCCNC(Cc1cccnc1)C1CN(C)CCO1. The Hall–Kier alpha value is -0.970. The second kappa shape index (κ2) is 7.58. The molecule has 0 aliphatic carbocycles. The largest absolute Gasteiger partial charge is 0.374 e. The molecule has 1 fully saturated rings. The molecule has 0 aromatic carbocycles. The van der Waals surface area contributed by atoms with E-state index in [1.807, 2.05) is 18.5 Å². The van der Waals surface area contributed by atoms with Crippen LogP contribution in [0.4, 0.5) is 0 Å². The van der Waals surface area contributed by atoms with Gasteiger partial charge in [-0.15, -0.1) is 0 Å². The van der Waals surface area contributed by atoms with Gasteiger partial charge in [0.2, 0.25) is 0 Å². The van der Waals surface area contributed by atoms with Crippen molar-refractivity contribution in [3.8, 4) is 0 Å². The van der Waals surface area contributed by atoms with Gasteiger partial charge < -0.3 is 15.0 Å². The topological polar surface area (TPSA) is 37.4 Å². The van der Waals surface area contributed by atoms with Crippen molar-refractivity contribution in [2.24, 2.45) is 0 Å². The monoisotopic (exact) mass is 263 g/mol. The maximum Gasteiger partial charge on any atom is 0.0858 e. The summed E-state index contributed by atoms with van der Waals surface area (Å²) in [5.74, 6) is 0. The predicted molar refractivity (Wildman–Crippen MR) is 77.3 cm³/mol. The van der Waals surface area contributed by atoms with Gasteiger partial charge in [0.05, 0.1) is 12.7 Å². The zero-order valence-electron chi connectivity index (χ0n) is 12.0. The van der Waals surface area contributed by atoms with Crippen molar-refractivity contribution in [1.29, 1.82) is 0 Å². The predicted octanol–water partition coefficient (Wildman–Crippen LogP) is 1.32. The minimum atomic E-state index is 0.269. The van der Waals surface area contributed by atoms with Crippen LogP contribution >= 0.6 is 0 Å². The highest BCUT2D eigenvalue weighted by molar-refractivity contribution is 5.11. The van der Waals surface area contributed by atoms with Crippen molar-refractivity contribution in [1.82, 2.24) is 15.2 Å². The van der Waals surface area contributed by atoms with Crippen LogP contribution in [-0.4, -0.2) is 55.3 Å². The normalized spacial score (nSPS) is 22.3. The van der Waals surface area contributed by atoms with Gasteiger partial charge in [0.15, 0.2) is 0 Å². The van der Waals surface area contributed by atoms with E-state index in [2.05, 4.69) is 35.2 Å². The molecule has 1 saturated heterocycles. The minimum Gasteiger partial charge on any atom is -0.374 e. The number of nitrogens with zero attached hydrogens (tertiary/aromatic N) is 2. The van der Waals surface area contributed by atoms with Crippen LogP contribution in [-0.2, 0) is 11.2 Å². The maximum absolute atomic E-state index is 5.96. The average molecular weight is 263 g/mol. The number of nitrogens with one attached hydrogen (secondary N) is 1. The summed E-state index contributed by atoms with van der Waals surface area (Å²) in [6.45, 7) is 6.10. The van der Waals surface area contributed by atoms with Crippen LogP contribution in [0.15, 0.2) is 24.5 Å². The molecular formula is C15H25N3O. The number of aromatic nitrogens is 1. The summed E-state index contributed by atoms with van der Waals surface area (Å²) in [6, 6.07) is 4.51. The number of morpholine rings is 1. The first-order chi connectivity index (χ1) is 9.29. The van der Waals surface area contributed by atoms with E-state index in [0.717, 1.165) is 39.1 Å². The number of hydrogen-bond donors (Lipinski definition) is 1. The van der Waals surface area contributed by atoms with E-state index in [4.69, 9.17) is 4.74 Å². The van der Waals surface area contributed by atoms with Crippen LogP contribution in [0.25, 0.3) is 0 Å². The molecule has 1 aliphatic heterocycles. The lowest BCUT2D eigenvalue weighted by Crippen LogP contribution is -2.52. The van der Waals surface area contributed by atoms with Crippen LogP contribution in [0.5, 0.6) is 0 Å². The van der Waals surface area contributed by atoms with Crippen molar-refractivity contribution in [2.45, 2.75) is 31.9 Å². The first kappa shape index (κ1) is 14.4. The third kappa shape index (κ3) is 4.56. The van der Waals surface area contributed by atoms with E-state index >= 15 is 0 Å². The summed E-state index contributed by atoms with van der Waals surface area (Å²) in [4.78, 5) is 6.54. The van der Waals surface area contributed by atoms with Gasteiger partial charge in [0.25, 0.3) is 0 Å². The molecule has 2 atom stereocenters. The first-order valence-electron chi connectivity index (χ1n) is 7.22. The molecule has 0 spiro atoms. The third-order valence-electron chi connectivity index (χ3n) is 3.58. The average Bonchev–Trinajstić information content (AvgIpc) is 2.44. The Morgan fingerprint density at radius 1 is 1.58 bits per heavy atom. The van der Waals surface area contributed by atoms with E-state index in [1.54, 1.807) is 0 Å². The molecule has 1 aliphatic rings. The van der Waals surface area contributed by atoms with Crippen molar-refractivity contribution in [3.63, 3.8) is 0 Å². The third-order valence-corrected chi connectivity index (χ3v) is 3.58. The molecule has 0 bridgehead atoms. The molecule has 4 heteroatoms. The molecule has 0 radical (unpaired) electrons. The summed E-state index contributed by atoms with van der Waals surface area (Å²) in [6.07, 6.45) is 6.17. The second-order valence-electron chi connectivity index (χ2n) is 5.30. The Kier molecular flexibility index (Phi) is 5.76. The van der Waals surface area contributed by atoms with Crippen LogP contribution in [0.3, 0.4) is 0 Å². The Labute approximate surface area is 116 Å². The van der Waals surface area contributed by atoms with Crippen LogP contribution in [0.1, 0.15) is 18.9 Å². The molecule has 19 heavy (non-hydrogen) atoms. The Bertz CT molecular complexity index is 358. The molecule has 0 saturated carbocycles. The Morgan fingerprint density at radius 2 is 2.47 bits per heavy atom. The van der Waals surface area contributed by atoms with E-state index in [9.17, 15) is 0 Å². The first-order valence-corrected chi connectivity index (χ1v) is 7.22. The molecule has 106 valence electrons. The van der Waals surface area contributed by atoms with E-state index in [1.165, 1.54) is 5.56 Å². The fourth-order valence-corrected chi connectivity index (χ4v) is 2.49. The van der Waals surface area contributed by atoms with Gasteiger partial charge in [0.1, 0.15) is 0 Å². The molecule has 0 amide bonds. The molecule has 2 unspecified atom stereocenters. The lowest BCUT2D eigenvalue weighted by Gasteiger charge is -2.35. The highest BCUT2D eigenvalue weighted by Gasteiger charge is 2.26. The fourth-order valence-electron chi connectivity index (χ4n) is 2.49. The van der Waals surface area contributed by atoms with Crippen molar-refractivity contribution in [3.05, 3.63) is 30.1 Å². The smallest absolute Gasteiger partial charge is 0.0858 e. The molecule has 1 aromatic rings. The molecule has 4 nitrogen and oxygen atoms in total. The van der Waals surface area contributed by atoms with Gasteiger partial charge in [-0.1, -0.05) is 13.0 Å². The van der Waals surface area contributed by atoms with Crippen LogP contribution < -0.4 is 5.32 Å². The van der Waals surface area contributed by atoms with Crippen LogP contribution in [0, 0.1) is 0 Å². The Balaban J connectivity index is 1.98. The van der Waals surface area contributed by atoms with Gasteiger partial charge >= 0.3 is 0 Å². The number of likely N-dealkylation sites (N-methyl/N-ethyl adjacent to an activating group) is 1. The Morgan fingerprint density at radius 3 is 3.16 bits per heavy atom. The summed E-state index contributed by atoms with van der Waals surface area (Å²) in [5, 5.41) is 3.63. The van der Waals surface area contributed by atoms with Gasteiger partial charge in [-0.3, -0.25) is 4.98 Å². The second-order valence-corrected chi connectivity index (χ2v) is 5.30. The number of pyridine rings is 1. The van der Waals surface area contributed by atoms with Crippen molar-refractivity contribution >= 4 is 0 Å². The standard InChI is InChI=1S/C15H25N3O/c1-3-6-17-14(10-13-5-4-7-16-11-13)15-12-18(2)8-9-19-15/h4-5,7,11,14-15,17H,3,6,8-10,12H2,1-2H3. The zero-order chi connectivity index (χ0) is 13.5. The van der Waals surface area contributed by atoms with Gasteiger partial charge in [-0.2, -0.15) is 0 Å². The van der Waals surface area contributed by atoms with Gasteiger partial charge in [0, 0.05) is 31.5 Å². The highest BCUT2D eigenvalue weighted by Crippen LogP contribution is 2.12. The van der Waals surface area contributed by atoms with E-state index in [-0.39, 0.29) is 6.10 Å². The number of ether oxygens (including phenoxy) is 1. The molecule has 2 rings (SSSR count). The maximum atomic E-state index is 5.96. The van der Waals surface area contributed by atoms with Crippen LogP contribution in [0.2, 0.25) is 0 Å². The minimum absolute atomic E-state index is 0.269. The van der Waals surface area contributed by atoms with Gasteiger partial charge in [-0.05, 0) is 38.1 Å². The number of hydrogen-bond acceptors (Lipinski definition) is 4. The summed E-state index contributed by atoms with van der Waals surface area (Å²) in [5.41, 5.74) is 1.27. The van der Waals surface area contributed by atoms with Crippen molar-refractivity contribution < 1.29 is 4.74 Å². The summed E-state index contributed by atoms with van der Waals surface area (Å²) < 4.78 is 5.96. The lowest BCUT2D eigenvalue weighted by molar-refractivity contribution is -0.0383. The molecule has 1 N–H and O–H groups in total. The summed E-state index contributed by atoms with van der Waals surface area (Å²) >= 11 is 0. The van der Waals surface area contributed by atoms with Gasteiger partial charge in [-0.25, -0.2) is 0 Å². The zero-order valence-corrected chi connectivity index (χ0v) is 12.0. The lowest BCUT2D eigenvalue weighted by atomic mass is 10.0. The number of rotatable bonds is 6.